The Morgan fingerprint density at radius 3 is 2.80 bits per heavy atom. The molecule has 1 aromatic heterocycles. The van der Waals surface area contributed by atoms with E-state index in [4.69, 9.17) is 12.2 Å². The van der Waals surface area contributed by atoms with Crippen LogP contribution in [0.25, 0.3) is 0 Å². The average Bonchev–Trinajstić information content (AvgIpc) is 2.41. The van der Waals surface area contributed by atoms with E-state index < -0.39 is 11.7 Å². The van der Waals surface area contributed by atoms with Crippen molar-refractivity contribution in [1.29, 1.82) is 0 Å². The number of nitrogens with zero attached hydrogens (tertiary/aromatic N) is 1. The van der Waals surface area contributed by atoms with E-state index in [0.29, 0.717) is 0 Å². The number of aromatic nitrogens is 1. The zero-order chi connectivity index (χ0) is 14.5. The first kappa shape index (κ1) is 13.9. The van der Waals surface area contributed by atoms with Crippen LogP contribution in [-0.4, -0.2) is 21.1 Å². The minimum absolute atomic E-state index is 0.0479. The molecule has 2 rings (SSSR count). The van der Waals surface area contributed by atoms with Gasteiger partial charge in [0.25, 0.3) is 5.91 Å². The highest BCUT2D eigenvalue weighted by atomic mass is 32.1. The lowest BCUT2D eigenvalue weighted by molar-refractivity contribution is 0.0977. The van der Waals surface area contributed by atoms with Crippen molar-refractivity contribution in [3.05, 3.63) is 54.0 Å². The second kappa shape index (κ2) is 6.07. The lowest BCUT2D eigenvalue weighted by Gasteiger charge is -2.09. The van der Waals surface area contributed by atoms with E-state index in [1.165, 1.54) is 30.5 Å². The summed E-state index contributed by atoms with van der Waals surface area (Å²) in [5, 5.41) is 14.4. The maximum absolute atomic E-state index is 13.0. The summed E-state index contributed by atoms with van der Waals surface area (Å²) in [6.07, 6.45) is 1.46. The molecule has 1 aromatic carbocycles. The summed E-state index contributed by atoms with van der Waals surface area (Å²) in [5.74, 6) is -1.05. The Hall–Kier alpha value is -2.54. The molecule has 0 aliphatic heterocycles. The molecular weight excluding hydrogens is 281 g/mol. The number of benzene rings is 1. The van der Waals surface area contributed by atoms with Crippen molar-refractivity contribution in [2.45, 2.75) is 0 Å². The molecule has 0 unspecified atom stereocenters. The van der Waals surface area contributed by atoms with E-state index in [-0.39, 0.29) is 22.2 Å². The van der Waals surface area contributed by atoms with Gasteiger partial charge in [-0.1, -0.05) is 6.07 Å². The number of hydrogen-bond donors (Lipinski definition) is 3. The SMILES string of the molecule is O=C(NC(=S)Nc1ncccc1O)c1cccc(F)c1. The van der Waals surface area contributed by atoms with Crippen LogP contribution in [0.4, 0.5) is 10.2 Å². The second-order valence-corrected chi connectivity index (χ2v) is 4.20. The summed E-state index contributed by atoms with van der Waals surface area (Å²) in [6.45, 7) is 0. The Bertz CT molecular complexity index is 664. The van der Waals surface area contributed by atoms with Crippen molar-refractivity contribution < 1.29 is 14.3 Å². The van der Waals surface area contributed by atoms with E-state index in [0.717, 1.165) is 6.07 Å². The van der Waals surface area contributed by atoms with Crippen molar-refractivity contribution in [1.82, 2.24) is 10.3 Å². The molecular formula is C13H10FN3O2S. The number of halogens is 1. The number of aromatic hydroxyl groups is 1. The Balaban J connectivity index is 2.02. The summed E-state index contributed by atoms with van der Waals surface area (Å²) in [5.41, 5.74) is 0.138. The van der Waals surface area contributed by atoms with E-state index >= 15 is 0 Å². The van der Waals surface area contributed by atoms with Crippen LogP contribution in [0.15, 0.2) is 42.6 Å². The maximum atomic E-state index is 13.0. The third kappa shape index (κ3) is 3.48. The third-order valence-electron chi connectivity index (χ3n) is 2.33. The van der Waals surface area contributed by atoms with Gasteiger partial charge >= 0.3 is 0 Å². The van der Waals surface area contributed by atoms with Crippen molar-refractivity contribution in [3.8, 4) is 5.75 Å². The van der Waals surface area contributed by atoms with Crippen molar-refractivity contribution in [2.75, 3.05) is 5.32 Å². The smallest absolute Gasteiger partial charge is 0.257 e. The largest absolute Gasteiger partial charge is 0.504 e. The molecule has 0 aliphatic rings. The van der Waals surface area contributed by atoms with E-state index in [1.54, 1.807) is 6.07 Å². The number of thiocarbonyl (C=S) groups is 1. The first-order chi connectivity index (χ1) is 9.56. The monoisotopic (exact) mass is 291 g/mol. The van der Waals surface area contributed by atoms with E-state index in [1.807, 2.05) is 0 Å². The molecule has 0 aliphatic carbocycles. The number of amides is 1. The molecule has 102 valence electrons. The molecule has 1 heterocycles. The first-order valence-corrected chi connectivity index (χ1v) is 5.99. The highest BCUT2D eigenvalue weighted by Gasteiger charge is 2.10. The van der Waals surface area contributed by atoms with Crippen molar-refractivity contribution in [2.24, 2.45) is 0 Å². The molecule has 0 saturated heterocycles. The molecule has 0 atom stereocenters. The van der Waals surface area contributed by atoms with Gasteiger partial charge in [0.2, 0.25) is 0 Å². The molecule has 0 saturated carbocycles. The Kier molecular flexibility index (Phi) is 4.21. The van der Waals surface area contributed by atoms with Gasteiger partial charge in [-0.15, -0.1) is 0 Å². The van der Waals surface area contributed by atoms with Crippen LogP contribution in [0.2, 0.25) is 0 Å². The second-order valence-electron chi connectivity index (χ2n) is 3.79. The van der Waals surface area contributed by atoms with Gasteiger partial charge in [-0.3, -0.25) is 10.1 Å². The Morgan fingerprint density at radius 1 is 1.30 bits per heavy atom. The van der Waals surface area contributed by atoms with Gasteiger partial charge in [-0.05, 0) is 42.5 Å². The molecule has 5 nitrogen and oxygen atoms in total. The molecule has 3 N–H and O–H groups in total. The van der Waals surface area contributed by atoms with Gasteiger partial charge in [0, 0.05) is 11.8 Å². The maximum Gasteiger partial charge on any atom is 0.257 e. The first-order valence-electron chi connectivity index (χ1n) is 5.58. The summed E-state index contributed by atoms with van der Waals surface area (Å²) in [6, 6.07) is 8.18. The number of pyridine rings is 1. The Labute approximate surface area is 119 Å². The van der Waals surface area contributed by atoms with Crippen molar-refractivity contribution >= 4 is 29.1 Å². The summed E-state index contributed by atoms with van der Waals surface area (Å²) < 4.78 is 13.0. The van der Waals surface area contributed by atoms with Gasteiger partial charge in [-0.25, -0.2) is 9.37 Å². The third-order valence-corrected chi connectivity index (χ3v) is 2.54. The molecule has 7 heteroatoms. The molecule has 0 bridgehead atoms. The van der Waals surface area contributed by atoms with Crippen LogP contribution in [-0.2, 0) is 0 Å². The average molecular weight is 291 g/mol. The topological polar surface area (TPSA) is 74.2 Å². The van der Waals surface area contributed by atoms with E-state index in [9.17, 15) is 14.3 Å². The highest BCUT2D eigenvalue weighted by molar-refractivity contribution is 7.80. The summed E-state index contributed by atoms with van der Waals surface area (Å²) in [7, 11) is 0. The van der Waals surface area contributed by atoms with E-state index in [2.05, 4.69) is 15.6 Å². The van der Waals surface area contributed by atoms with Crippen LogP contribution in [0.5, 0.6) is 5.75 Å². The standard InChI is InChI=1S/C13H10FN3O2S/c14-9-4-1-3-8(7-9)12(19)17-13(20)16-11-10(18)5-2-6-15-11/h1-7,18H,(H2,15,16,17,19,20). The number of carbonyl (C=O) groups is 1. The van der Waals surface area contributed by atoms with Gasteiger partial charge in [-0.2, -0.15) is 0 Å². The minimum Gasteiger partial charge on any atom is -0.504 e. The number of nitrogens with one attached hydrogen (secondary N) is 2. The van der Waals surface area contributed by atoms with Crippen LogP contribution >= 0.6 is 12.2 Å². The van der Waals surface area contributed by atoms with Crippen LogP contribution in [0, 0.1) is 5.82 Å². The van der Waals surface area contributed by atoms with Gasteiger partial charge < -0.3 is 10.4 Å². The summed E-state index contributed by atoms with van der Waals surface area (Å²) in [4.78, 5) is 15.6. The Morgan fingerprint density at radius 2 is 2.10 bits per heavy atom. The quantitative estimate of drug-likeness (QED) is 0.739. The predicted molar refractivity (Wildman–Crippen MR) is 76.0 cm³/mol. The zero-order valence-electron chi connectivity index (χ0n) is 10.1. The number of carbonyl (C=O) groups excluding carboxylic acids is 1. The van der Waals surface area contributed by atoms with Crippen LogP contribution < -0.4 is 10.6 Å². The minimum atomic E-state index is -0.558. The fraction of sp³-hybridized carbons (Fsp3) is 0. The molecule has 20 heavy (non-hydrogen) atoms. The number of anilines is 1. The lowest BCUT2D eigenvalue weighted by Crippen LogP contribution is -2.34. The summed E-state index contributed by atoms with van der Waals surface area (Å²) >= 11 is 4.92. The van der Waals surface area contributed by atoms with Gasteiger partial charge in [0.05, 0.1) is 0 Å². The molecule has 0 spiro atoms. The molecule has 1 amide bonds. The molecule has 0 radical (unpaired) electrons. The van der Waals surface area contributed by atoms with Crippen LogP contribution in [0.3, 0.4) is 0 Å². The highest BCUT2D eigenvalue weighted by Crippen LogP contribution is 2.17. The molecule has 0 fully saturated rings. The lowest BCUT2D eigenvalue weighted by atomic mass is 10.2. The fourth-order valence-electron chi connectivity index (χ4n) is 1.44. The van der Waals surface area contributed by atoms with Crippen LogP contribution in [0.1, 0.15) is 10.4 Å². The normalized spacial score (nSPS) is 9.85. The predicted octanol–water partition coefficient (Wildman–Crippen LogP) is 2.05. The molecule has 2 aromatic rings. The van der Waals surface area contributed by atoms with Crippen molar-refractivity contribution in [3.63, 3.8) is 0 Å². The zero-order valence-corrected chi connectivity index (χ0v) is 10.9. The van der Waals surface area contributed by atoms with Gasteiger partial charge in [0.15, 0.2) is 16.7 Å². The fourth-order valence-corrected chi connectivity index (χ4v) is 1.63. The number of rotatable bonds is 2. The number of hydrogen-bond acceptors (Lipinski definition) is 4. The van der Waals surface area contributed by atoms with Gasteiger partial charge in [0.1, 0.15) is 5.82 Å².